The highest BCUT2D eigenvalue weighted by atomic mass is 35.5. The fourth-order valence-electron chi connectivity index (χ4n) is 2.01. The van der Waals surface area contributed by atoms with Crippen LogP contribution in [0.1, 0.15) is 13.9 Å². The van der Waals surface area contributed by atoms with Crippen molar-refractivity contribution in [3.63, 3.8) is 0 Å². The molecule has 0 aromatic heterocycles. The van der Waals surface area contributed by atoms with Crippen molar-refractivity contribution in [3.05, 3.63) is 59.6 Å². The quantitative estimate of drug-likeness (QED) is 0.496. The second kappa shape index (κ2) is 4.31. The molecule has 2 aromatic carbocycles. The zero-order valence-corrected chi connectivity index (χ0v) is 10.1. The van der Waals surface area contributed by atoms with E-state index in [4.69, 9.17) is 14.3 Å². The minimum Gasteiger partial charge on any atom is -0.266 e. The van der Waals surface area contributed by atoms with Gasteiger partial charge in [0.25, 0.3) is 0 Å². The van der Waals surface area contributed by atoms with Crippen LogP contribution in [0, 0.1) is 0 Å². The number of hydrogen-bond acceptors (Lipinski definition) is 1. The molecule has 0 bridgehead atoms. The maximum absolute atomic E-state index is 11.9. The zero-order valence-electron chi connectivity index (χ0n) is 11.4. The van der Waals surface area contributed by atoms with Gasteiger partial charge in [0, 0.05) is 0 Å². The van der Waals surface area contributed by atoms with Gasteiger partial charge in [0.15, 0.2) is 0 Å². The topological polar surface area (TPSA) is 20.3 Å². The van der Waals surface area contributed by atoms with Crippen LogP contribution in [0.15, 0.2) is 48.5 Å². The third-order valence-electron chi connectivity index (χ3n) is 2.80. The molecule has 0 unspecified atom stereocenters. The summed E-state index contributed by atoms with van der Waals surface area (Å²) in [6.07, 6.45) is 3.65. The first-order chi connectivity index (χ1) is 9.59. The molecule has 0 fully saturated rings. The molecule has 0 spiro atoms. The predicted octanol–water partition coefficient (Wildman–Crippen LogP) is 4.67. The van der Waals surface area contributed by atoms with Gasteiger partial charge in [-0.05, 0) is 34.8 Å². The average molecular weight is 258 g/mol. The van der Waals surface area contributed by atoms with Gasteiger partial charge in [-0.2, -0.15) is 0 Å². The average Bonchev–Trinajstić information content (AvgIpc) is 2.58. The molecule has 0 aliphatic carbocycles. The molecule has 1 aliphatic heterocycles. The number of halogens is 1. The molecule has 0 atom stereocenters. The second-order valence-electron chi connectivity index (χ2n) is 3.87. The van der Waals surface area contributed by atoms with Crippen molar-refractivity contribution in [3.8, 4) is 0 Å². The second-order valence-corrected chi connectivity index (χ2v) is 4.19. The molecule has 1 amide bonds. The Labute approximate surface area is 113 Å². The molecule has 3 heteroatoms. The van der Waals surface area contributed by atoms with E-state index in [0.717, 1.165) is 11.1 Å². The smallest absolute Gasteiger partial charge is 0.266 e. The summed E-state index contributed by atoms with van der Waals surface area (Å²) in [5.41, 5.74) is 2.26. The molecule has 1 aliphatic rings. The number of hydrogen-bond donors (Lipinski definition) is 0. The summed E-state index contributed by atoms with van der Waals surface area (Å²) in [5.74, 6) is 0. The van der Waals surface area contributed by atoms with E-state index in [9.17, 15) is 4.79 Å². The first-order valence-electron chi connectivity index (χ1n) is 6.46. The van der Waals surface area contributed by atoms with Crippen LogP contribution in [0.4, 0.5) is 16.2 Å². The van der Waals surface area contributed by atoms with Gasteiger partial charge in [-0.25, -0.2) is 0 Å². The lowest BCUT2D eigenvalue weighted by Gasteiger charge is -2.21. The van der Waals surface area contributed by atoms with Crippen LogP contribution in [0.2, 0.25) is 0 Å². The van der Waals surface area contributed by atoms with Gasteiger partial charge in [-0.3, -0.25) is 9.69 Å². The molecule has 0 N–H and O–H groups in total. The number of carbonyl (C=O) groups excluding carboxylic acids is 1. The SMILES string of the molecule is [2H]c1cccc2c1N(C(=O)Cl)c1c([2H])cccc1C=C2. The van der Waals surface area contributed by atoms with Crippen molar-refractivity contribution in [2.45, 2.75) is 0 Å². The first kappa shape index (κ1) is 8.95. The molecule has 2 aromatic rings. The van der Waals surface area contributed by atoms with Gasteiger partial charge in [0.1, 0.15) is 0 Å². The molecule has 18 heavy (non-hydrogen) atoms. The third-order valence-corrected chi connectivity index (χ3v) is 2.97. The van der Waals surface area contributed by atoms with Crippen molar-refractivity contribution in [2.24, 2.45) is 0 Å². The fraction of sp³-hybridized carbons (Fsp3) is 0. The Bertz CT molecular complexity index is 687. The maximum Gasteiger partial charge on any atom is 0.325 e. The Morgan fingerprint density at radius 2 is 1.50 bits per heavy atom. The summed E-state index contributed by atoms with van der Waals surface area (Å²) in [6.45, 7) is 0. The predicted molar refractivity (Wildman–Crippen MR) is 75.2 cm³/mol. The monoisotopic (exact) mass is 257 g/mol. The minimum atomic E-state index is -0.726. The van der Waals surface area contributed by atoms with Crippen LogP contribution in [0.5, 0.6) is 0 Å². The summed E-state index contributed by atoms with van der Waals surface area (Å²) in [4.78, 5) is 13.1. The first-order valence-corrected chi connectivity index (χ1v) is 5.84. The summed E-state index contributed by atoms with van der Waals surface area (Å²) in [5, 5.41) is -0.726. The summed E-state index contributed by atoms with van der Waals surface area (Å²) < 4.78 is 16.1. The van der Waals surface area contributed by atoms with Crippen LogP contribution in [-0.4, -0.2) is 5.37 Å². The number of benzene rings is 2. The Hall–Kier alpha value is -2.06. The van der Waals surface area contributed by atoms with Crippen molar-refractivity contribution in [2.75, 3.05) is 4.90 Å². The molecule has 0 saturated heterocycles. The number of amides is 1. The van der Waals surface area contributed by atoms with Crippen LogP contribution in [0.3, 0.4) is 0 Å². The summed E-state index contributed by atoms with van der Waals surface area (Å²) >= 11 is 5.72. The van der Waals surface area contributed by atoms with Gasteiger partial charge in [-0.15, -0.1) is 0 Å². The van der Waals surface area contributed by atoms with Crippen LogP contribution < -0.4 is 4.90 Å². The van der Waals surface area contributed by atoms with E-state index < -0.39 is 5.37 Å². The highest BCUT2D eigenvalue weighted by Gasteiger charge is 2.21. The van der Waals surface area contributed by atoms with Gasteiger partial charge >= 0.3 is 5.37 Å². The lowest BCUT2D eigenvalue weighted by molar-refractivity contribution is 0.266. The summed E-state index contributed by atoms with van der Waals surface area (Å²) in [6, 6.07) is 10.7. The Balaban J connectivity index is 2.39. The van der Waals surface area contributed by atoms with E-state index in [1.165, 1.54) is 4.90 Å². The fourth-order valence-corrected chi connectivity index (χ4v) is 2.17. The van der Waals surface area contributed by atoms with Crippen LogP contribution >= 0.6 is 11.6 Å². The van der Waals surface area contributed by atoms with Gasteiger partial charge in [0.2, 0.25) is 0 Å². The van der Waals surface area contributed by atoms with E-state index in [1.54, 1.807) is 24.3 Å². The van der Waals surface area contributed by atoms with Crippen molar-refractivity contribution >= 4 is 40.5 Å². The highest BCUT2D eigenvalue weighted by molar-refractivity contribution is 6.67. The Morgan fingerprint density at radius 1 is 1.00 bits per heavy atom. The molecular weight excluding hydrogens is 246 g/mol. The Morgan fingerprint density at radius 3 is 1.94 bits per heavy atom. The van der Waals surface area contributed by atoms with Crippen LogP contribution in [0.25, 0.3) is 12.2 Å². The number of rotatable bonds is 0. The van der Waals surface area contributed by atoms with E-state index in [1.807, 2.05) is 24.3 Å². The van der Waals surface area contributed by atoms with E-state index in [2.05, 4.69) is 0 Å². The molecule has 0 saturated carbocycles. The molecular formula is C15H10ClNO. The van der Waals surface area contributed by atoms with Crippen LogP contribution in [-0.2, 0) is 0 Å². The number of fused-ring (bicyclic) bond motifs is 2. The van der Waals surface area contributed by atoms with Crippen molar-refractivity contribution in [1.82, 2.24) is 0 Å². The standard InChI is InChI=1S/C15H10ClNO/c16-15(18)17-13-7-3-1-5-11(13)9-10-12-6-2-4-8-14(12)17/h1-10H/i7D,8D. The number of nitrogens with zero attached hydrogens (tertiary/aromatic N) is 1. The number of para-hydroxylation sites is 2. The van der Waals surface area contributed by atoms with E-state index >= 15 is 0 Å². The lowest BCUT2D eigenvalue weighted by atomic mass is 10.1. The van der Waals surface area contributed by atoms with Crippen molar-refractivity contribution in [1.29, 1.82) is 0 Å². The maximum atomic E-state index is 11.9. The van der Waals surface area contributed by atoms with Gasteiger partial charge in [-0.1, -0.05) is 48.6 Å². The van der Waals surface area contributed by atoms with E-state index in [-0.39, 0.29) is 12.1 Å². The normalized spacial score (nSPS) is 14.2. The van der Waals surface area contributed by atoms with Gasteiger partial charge in [0.05, 0.1) is 14.1 Å². The number of carbonyl (C=O) groups is 1. The molecule has 1 heterocycles. The largest absolute Gasteiger partial charge is 0.325 e. The zero-order chi connectivity index (χ0) is 14.3. The van der Waals surface area contributed by atoms with Crippen molar-refractivity contribution < 1.29 is 7.54 Å². The molecule has 3 rings (SSSR count). The number of anilines is 2. The minimum absolute atomic E-state index is 0.192. The molecule has 0 radical (unpaired) electrons. The Kier molecular flexibility index (Phi) is 2.14. The summed E-state index contributed by atoms with van der Waals surface area (Å²) in [7, 11) is 0. The molecule has 88 valence electrons. The highest BCUT2D eigenvalue weighted by Crippen LogP contribution is 2.36. The lowest BCUT2D eigenvalue weighted by Crippen LogP contribution is -2.20. The molecule has 2 nitrogen and oxygen atoms in total. The third kappa shape index (κ3) is 1.71. The van der Waals surface area contributed by atoms with Gasteiger partial charge < -0.3 is 0 Å². The van der Waals surface area contributed by atoms with E-state index in [0.29, 0.717) is 11.4 Å².